The zero-order chi connectivity index (χ0) is 19.6. The summed E-state index contributed by atoms with van der Waals surface area (Å²) in [5.74, 6) is 1.42. The van der Waals surface area contributed by atoms with E-state index in [2.05, 4.69) is 32.9 Å². The summed E-state index contributed by atoms with van der Waals surface area (Å²) in [6, 6.07) is 4.80. The minimum atomic E-state index is 0.239. The number of methoxy groups -OCH3 is 1. The Morgan fingerprint density at radius 1 is 1.03 bits per heavy atom. The number of pyridine rings is 2. The van der Waals surface area contributed by atoms with Crippen molar-refractivity contribution >= 4 is 5.82 Å². The Morgan fingerprint density at radius 3 is 2.72 bits per heavy atom. The number of anilines is 1. The van der Waals surface area contributed by atoms with Crippen LogP contribution in [-0.4, -0.2) is 41.2 Å². The summed E-state index contributed by atoms with van der Waals surface area (Å²) >= 11 is 0. The van der Waals surface area contributed by atoms with Gasteiger partial charge in [0.25, 0.3) is 0 Å². The van der Waals surface area contributed by atoms with Crippen molar-refractivity contribution in [3.63, 3.8) is 0 Å². The molecule has 6 heteroatoms. The van der Waals surface area contributed by atoms with Crippen molar-refractivity contribution in [1.29, 1.82) is 0 Å². The summed E-state index contributed by atoms with van der Waals surface area (Å²) in [5.41, 5.74) is 11.6. The van der Waals surface area contributed by atoms with E-state index < -0.39 is 0 Å². The third kappa shape index (κ3) is 3.89. The van der Waals surface area contributed by atoms with Crippen LogP contribution in [-0.2, 0) is 11.3 Å². The fraction of sp³-hybridized carbons (Fsp3) is 0.565. The fourth-order valence-corrected chi connectivity index (χ4v) is 5.27. The van der Waals surface area contributed by atoms with Gasteiger partial charge < -0.3 is 10.2 Å². The molecule has 0 radical (unpaired) electrons. The van der Waals surface area contributed by atoms with Crippen LogP contribution in [0.3, 0.4) is 0 Å². The molecule has 2 aromatic heterocycles. The lowest BCUT2D eigenvalue weighted by Crippen LogP contribution is -2.36. The van der Waals surface area contributed by atoms with Crippen LogP contribution in [0.2, 0.25) is 0 Å². The van der Waals surface area contributed by atoms with Crippen molar-refractivity contribution in [2.24, 2.45) is 5.92 Å². The van der Waals surface area contributed by atoms with Crippen molar-refractivity contribution in [2.75, 3.05) is 25.6 Å². The molecule has 6 nitrogen and oxygen atoms in total. The smallest absolute Gasteiger partial charge is 0.145 e. The van der Waals surface area contributed by atoms with Gasteiger partial charge in [0.15, 0.2) is 0 Å². The largest absolute Gasteiger partial charge is 0.381 e. The first-order valence-corrected chi connectivity index (χ1v) is 11.0. The molecule has 0 bridgehead atoms. The topological polar surface area (TPSA) is 62.3 Å². The number of fused-ring (bicyclic) bond motifs is 1. The molecule has 5 rings (SSSR count). The summed E-state index contributed by atoms with van der Waals surface area (Å²) in [5, 5.41) is 0. The highest BCUT2D eigenvalue weighted by Gasteiger charge is 2.37. The zero-order valence-electron chi connectivity index (χ0n) is 17.2. The van der Waals surface area contributed by atoms with Crippen molar-refractivity contribution in [1.82, 2.24) is 20.3 Å². The van der Waals surface area contributed by atoms with Gasteiger partial charge >= 0.3 is 0 Å². The number of likely N-dealkylation sites (tertiary alicyclic amines) is 1. The van der Waals surface area contributed by atoms with Gasteiger partial charge in [-0.25, -0.2) is 10.4 Å². The van der Waals surface area contributed by atoms with Gasteiger partial charge in [0.1, 0.15) is 5.82 Å². The van der Waals surface area contributed by atoms with Gasteiger partial charge in [-0.1, -0.05) is 12.8 Å². The normalized spacial score (nSPS) is 27.0. The van der Waals surface area contributed by atoms with Gasteiger partial charge in [-0.2, -0.15) is 0 Å². The Kier molecular flexibility index (Phi) is 5.48. The standard InChI is InChI=1S/C23H31N5O/c1-29-21-7-3-2-6-19(21)22-20-11-18(14-25-23(20)27-26-22)17-10-16(12-24-13-17)15-28-8-4-5-9-28/h10-14,19,21-22,26H,2-9,15H2,1H3,(H,25,27). The maximum Gasteiger partial charge on any atom is 0.145 e. The van der Waals surface area contributed by atoms with Gasteiger partial charge in [0, 0.05) is 54.9 Å². The zero-order valence-corrected chi connectivity index (χ0v) is 17.2. The SMILES string of the molecule is COC1CCCCC1C1NNc2ncc(-c3cncc(CN4CCCC4)c3)cc21. The maximum atomic E-state index is 5.82. The number of hydrogen-bond acceptors (Lipinski definition) is 6. The van der Waals surface area contributed by atoms with Gasteiger partial charge in [0.05, 0.1) is 12.1 Å². The minimum Gasteiger partial charge on any atom is -0.381 e. The van der Waals surface area contributed by atoms with Crippen LogP contribution in [0.25, 0.3) is 11.1 Å². The minimum absolute atomic E-state index is 0.239. The number of rotatable bonds is 5. The van der Waals surface area contributed by atoms with Crippen molar-refractivity contribution in [3.05, 3.63) is 41.9 Å². The van der Waals surface area contributed by atoms with Crippen molar-refractivity contribution < 1.29 is 4.74 Å². The number of aromatic nitrogens is 2. The second-order valence-corrected chi connectivity index (χ2v) is 8.70. The highest BCUT2D eigenvalue weighted by atomic mass is 16.5. The molecule has 2 aliphatic heterocycles. The maximum absolute atomic E-state index is 5.82. The van der Waals surface area contributed by atoms with E-state index in [0.29, 0.717) is 12.0 Å². The average molecular weight is 394 g/mol. The number of nitrogens with one attached hydrogen (secondary N) is 2. The average Bonchev–Trinajstić information content (AvgIpc) is 3.43. The molecule has 0 spiro atoms. The molecule has 0 amide bonds. The van der Waals surface area contributed by atoms with E-state index >= 15 is 0 Å². The van der Waals surface area contributed by atoms with Crippen LogP contribution in [0.1, 0.15) is 55.7 Å². The van der Waals surface area contributed by atoms with Crippen LogP contribution in [0.5, 0.6) is 0 Å². The van der Waals surface area contributed by atoms with Crippen LogP contribution < -0.4 is 10.9 Å². The lowest BCUT2D eigenvalue weighted by Gasteiger charge is -2.34. The van der Waals surface area contributed by atoms with Gasteiger partial charge in [0.2, 0.25) is 0 Å². The van der Waals surface area contributed by atoms with Crippen LogP contribution in [0, 0.1) is 5.92 Å². The molecule has 29 heavy (non-hydrogen) atoms. The Bertz CT molecular complexity index is 851. The first-order chi connectivity index (χ1) is 14.3. The highest BCUT2D eigenvalue weighted by molar-refractivity contribution is 5.67. The molecular weight excluding hydrogens is 362 g/mol. The third-order valence-electron chi connectivity index (χ3n) is 6.82. The van der Waals surface area contributed by atoms with Crippen LogP contribution in [0.4, 0.5) is 5.82 Å². The van der Waals surface area contributed by atoms with E-state index in [1.165, 1.54) is 56.3 Å². The monoisotopic (exact) mass is 393 g/mol. The van der Waals surface area contributed by atoms with E-state index in [9.17, 15) is 0 Å². The molecule has 3 unspecified atom stereocenters. The molecular formula is C23H31N5O. The second kappa shape index (κ2) is 8.38. The number of ether oxygens (including phenoxy) is 1. The Morgan fingerprint density at radius 2 is 1.86 bits per heavy atom. The van der Waals surface area contributed by atoms with Crippen LogP contribution >= 0.6 is 0 Å². The van der Waals surface area contributed by atoms with E-state index in [-0.39, 0.29) is 6.04 Å². The third-order valence-corrected chi connectivity index (χ3v) is 6.82. The first kappa shape index (κ1) is 19.0. The van der Waals surface area contributed by atoms with E-state index in [1.807, 2.05) is 25.7 Å². The Hall–Kier alpha value is -2.02. The summed E-state index contributed by atoms with van der Waals surface area (Å²) in [6.45, 7) is 3.39. The molecule has 3 atom stereocenters. The summed E-state index contributed by atoms with van der Waals surface area (Å²) in [7, 11) is 1.85. The summed E-state index contributed by atoms with van der Waals surface area (Å²) in [4.78, 5) is 11.8. The molecule has 0 aromatic carbocycles. The summed E-state index contributed by atoms with van der Waals surface area (Å²) < 4.78 is 5.82. The molecule has 2 N–H and O–H groups in total. The first-order valence-electron chi connectivity index (χ1n) is 11.0. The van der Waals surface area contributed by atoms with Gasteiger partial charge in [-0.3, -0.25) is 9.88 Å². The number of hydrazine groups is 1. The molecule has 2 fully saturated rings. The predicted molar refractivity (Wildman–Crippen MR) is 114 cm³/mol. The highest BCUT2D eigenvalue weighted by Crippen LogP contribution is 2.41. The van der Waals surface area contributed by atoms with Crippen molar-refractivity contribution in [3.8, 4) is 11.1 Å². The lowest BCUT2D eigenvalue weighted by molar-refractivity contribution is 0.00977. The van der Waals surface area contributed by atoms with Crippen LogP contribution in [0.15, 0.2) is 30.7 Å². The van der Waals surface area contributed by atoms with E-state index in [0.717, 1.165) is 29.9 Å². The van der Waals surface area contributed by atoms with E-state index in [4.69, 9.17) is 9.72 Å². The fourth-order valence-electron chi connectivity index (χ4n) is 5.27. The molecule has 2 aromatic rings. The number of hydrogen-bond donors (Lipinski definition) is 2. The lowest BCUT2D eigenvalue weighted by atomic mass is 9.79. The second-order valence-electron chi connectivity index (χ2n) is 8.70. The molecule has 1 saturated heterocycles. The molecule has 4 heterocycles. The predicted octanol–water partition coefficient (Wildman–Crippen LogP) is 3.92. The van der Waals surface area contributed by atoms with Crippen molar-refractivity contribution in [2.45, 2.75) is 57.2 Å². The Balaban J connectivity index is 1.40. The summed E-state index contributed by atoms with van der Waals surface area (Å²) in [6.07, 6.45) is 13.7. The van der Waals surface area contributed by atoms with Gasteiger partial charge in [-0.15, -0.1) is 0 Å². The quantitative estimate of drug-likeness (QED) is 0.803. The molecule has 154 valence electrons. The number of nitrogens with zero attached hydrogens (tertiary/aromatic N) is 3. The molecule has 1 saturated carbocycles. The van der Waals surface area contributed by atoms with Gasteiger partial charge in [-0.05, 0) is 56.5 Å². The van der Waals surface area contributed by atoms with E-state index in [1.54, 1.807) is 0 Å². The molecule has 1 aliphatic carbocycles. The molecule has 3 aliphatic rings. The Labute approximate surface area is 173 Å².